The van der Waals surface area contributed by atoms with Crippen molar-refractivity contribution in [2.45, 2.75) is 12.8 Å². The van der Waals surface area contributed by atoms with Crippen molar-refractivity contribution in [1.82, 2.24) is 5.32 Å². The number of hydrogen-bond acceptors (Lipinski definition) is 6. The summed E-state index contributed by atoms with van der Waals surface area (Å²) in [5.41, 5.74) is 1.09. The van der Waals surface area contributed by atoms with Crippen LogP contribution in [0.25, 0.3) is 0 Å². The summed E-state index contributed by atoms with van der Waals surface area (Å²) in [6.45, 7) is 0. The molecule has 0 aliphatic rings. The molecule has 1 aromatic heterocycles. The van der Waals surface area contributed by atoms with Gasteiger partial charge in [0.05, 0.1) is 19.8 Å². The Labute approximate surface area is 154 Å². The SMILES string of the molecule is COC(=O)CCC(=O)NC(=S)Nc1cccc(NC(=O)c2ccco2)c1. The lowest BCUT2D eigenvalue weighted by atomic mass is 10.2. The molecule has 3 N–H and O–H groups in total. The van der Waals surface area contributed by atoms with E-state index in [4.69, 9.17) is 16.6 Å². The number of benzene rings is 1. The smallest absolute Gasteiger partial charge is 0.306 e. The summed E-state index contributed by atoms with van der Waals surface area (Å²) in [7, 11) is 1.25. The predicted octanol–water partition coefficient (Wildman–Crippen LogP) is 2.30. The molecule has 9 heteroatoms. The number of anilines is 2. The van der Waals surface area contributed by atoms with Gasteiger partial charge in [-0.1, -0.05) is 6.07 Å². The molecule has 0 saturated heterocycles. The molecular weight excluding hydrogens is 358 g/mol. The normalized spacial score (nSPS) is 9.88. The second kappa shape index (κ2) is 9.33. The lowest BCUT2D eigenvalue weighted by molar-refractivity contribution is -0.142. The highest BCUT2D eigenvalue weighted by atomic mass is 32.1. The van der Waals surface area contributed by atoms with Gasteiger partial charge in [-0.2, -0.15) is 0 Å². The lowest BCUT2D eigenvalue weighted by Gasteiger charge is -2.11. The summed E-state index contributed by atoms with van der Waals surface area (Å²) in [4.78, 5) is 34.7. The monoisotopic (exact) mass is 375 g/mol. The van der Waals surface area contributed by atoms with Gasteiger partial charge in [0, 0.05) is 17.8 Å². The van der Waals surface area contributed by atoms with Crippen molar-refractivity contribution >= 4 is 46.5 Å². The molecule has 0 saturated carbocycles. The zero-order valence-electron chi connectivity index (χ0n) is 13.9. The minimum atomic E-state index is -0.473. The van der Waals surface area contributed by atoms with E-state index in [1.54, 1.807) is 36.4 Å². The maximum absolute atomic E-state index is 12.0. The fraction of sp³-hybridized carbons (Fsp3) is 0.176. The van der Waals surface area contributed by atoms with Crippen LogP contribution in [0.4, 0.5) is 11.4 Å². The van der Waals surface area contributed by atoms with Crippen molar-refractivity contribution in [1.29, 1.82) is 0 Å². The highest BCUT2D eigenvalue weighted by Gasteiger charge is 2.10. The quantitative estimate of drug-likeness (QED) is 0.525. The molecule has 0 aliphatic carbocycles. The number of rotatable bonds is 6. The van der Waals surface area contributed by atoms with Crippen molar-refractivity contribution in [3.8, 4) is 0 Å². The minimum Gasteiger partial charge on any atom is -0.469 e. The van der Waals surface area contributed by atoms with Gasteiger partial charge < -0.3 is 25.1 Å². The molecule has 1 aromatic carbocycles. The molecule has 0 atom stereocenters. The van der Waals surface area contributed by atoms with Crippen molar-refractivity contribution < 1.29 is 23.5 Å². The average molecular weight is 375 g/mol. The number of nitrogens with one attached hydrogen (secondary N) is 3. The second-order valence-corrected chi connectivity index (χ2v) is 5.50. The van der Waals surface area contributed by atoms with Gasteiger partial charge in [0.15, 0.2) is 10.9 Å². The molecule has 0 unspecified atom stereocenters. The number of carbonyl (C=O) groups excluding carboxylic acids is 3. The highest BCUT2D eigenvalue weighted by Crippen LogP contribution is 2.16. The highest BCUT2D eigenvalue weighted by molar-refractivity contribution is 7.80. The molecule has 0 aliphatic heterocycles. The molecule has 2 rings (SSSR count). The van der Waals surface area contributed by atoms with Gasteiger partial charge in [-0.05, 0) is 42.5 Å². The summed E-state index contributed by atoms with van der Waals surface area (Å²) in [6.07, 6.45) is 1.35. The van der Waals surface area contributed by atoms with Crippen LogP contribution in [-0.4, -0.2) is 30.0 Å². The Balaban J connectivity index is 1.87. The molecule has 0 spiro atoms. The number of esters is 1. The summed E-state index contributed by atoms with van der Waals surface area (Å²) < 4.78 is 9.49. The van der Waals surface area contributed by atoms with Crippen LogP contribution < -0.4 is 16.0 Å². The Morgan fingerprint density at radius 2 is 1.81 bits per heavy atom. The number of thiocarbonyl (C=S) groups is 1. The van der Waals surface area contributed by atoms with E-state index < -0.39 is 11.9 Å². The maximum Gasteiger partial charge on any atom is 0.306 e. The van der Waals surface area contributed by atoms with Crippen LogP contribution in [0.15, 0.2) is 47.1 Å². The van der Waals surface area contributed by atoms with E-state index in [1.165, 1.54) is 13.4 Å². The van der Waals surface area contributed by atoms with Crippen LogP contribution in [0.5, 0.6) is 0 Å². The first kappa shape index (κ1) is 19.1. The van der Waals surface area contributed by atoms with Gasteiger partial charge >= 0.3 is 5.97 Å². The average Bonchev–Trinajstić information content (AvgIpc) is 3.14. The minimum absolute atomic E-state index is 0.0285. The van der Waals surface area contributed by atoms with E-state index >= 15 is 0 Å². The zero-order chi connectivity index (χ0) is 18.9. The Hall–Kier alpha value is -3.20. The van der Waals surface area contributed by atoms with Gasteiger partial charge in [-0.25, -0.2) is 0 Å². The van der Waals surface area contributed by atoms with Gasteiger partial charge in [-0.3, -0.25) is 14.4 Å². The number of ether oxygens (including phenoxy) is 1. The first-order valence-corrected chi connectivity index (χ1v) is 8.01. The van der Waals surface area contributed by atoms with E-state index in [0.29, 0.717) is 11.4 Å². The fourth-order valence-corrected chi connectivity index (χ4v) is 2.18. The van der Waals surface area contributed by atoms with E-state index in [1.807, 2.05) is 0 Å². The summed E-state index contributed by atoms with van der Waals surface area (Å²) in [5, 5.41) is 8.05. The van der Waals surface area contributed by atoms with Gasteiger partial charge in [0.2, 0.25) is 5.91 Å². The third kappa shape index (κ3) is 6.02. The third-order valence-electron chi connectivity index (χ3n) is 3.16. The van der Waals surface area contributed by atoms with Crippen LogP contribution in [0.2, 0.25) is 0 Å². The fourth-order valence-electron chi connectivity index (χ4n) is 1.94. The molecule has 0 radical (unpaired) electrons. The molecule has 2 amide bonds. The summed E-state index contributed by atoms with van der Waals surface area (Å²) >= 11 is 5.06. The summed E-state index contributed by atoms with van der Waals surface area (Å²) in [5.74, 6) is -1.07. The van der Waals surface area contributed by atoms with Crippen LogP contribution >= 0.6 is 12.2 Å². The number of methoxy groups -OCH3 is 1. The van der Waals surface area contributed by atoms with E-state index in [-0.39, 0.29) is 29.6 Å². The van der Waals surface area contributed by atoms with Crippen molar-refractivity contribution in [2.24, 2.45) is 0 Å². The van der Waals surface area contributed by atoms with E-state index in [9.17, 15) is 14.4 Å². The maximum atomic E-state index is 12.0. The Bertz CT molecular complexity index is 804. The number of hydrogen-bond donors (Lipinski definition) is 3. The van der Waals surface area contributed by atoms with Crippen molar-refractivity contribution in [2.75, 3.05) is 17.7 Å². The molecule has 1 heterocycles. The summed E-state index contributed by atoms with van der Waals surface area (Å²) in [6, 6.07) is 9.94. The zero-order valence-corrected chi connectivity index (χ0v) is 14.7. The molecule has 2 aromatic rings. The molecular formula is C17H17N3O5S. The molecule has 0 fully saturated rings. The molecule has 8 nitrogen and oxygen atoms in total. The number of amides is 2. The predicted molar refractivity (Wildman–Crippen MR) is 98.7 cm³/mol. The topological polar surface area (TPSA) is 110 Å². The standard InChI is InChI=1S/C17H17N3O5S/c1-24-15(22)8-7-14(21)20-17(26)19-12-5-2-4-11(10-12)18-16(23)13-6-3-9-25-13/h2-6,9-10H,7-8H2,1H3,(H,18,23)(H2,19,20,21,26). The molecule has 136 valence electrons. The Morgan fingerprint density at radius 1 is 1.08 bits per heavy atom. The van der Waals surface area contributed by atoms with Crippen LogP contribution in [0.3, 0.4) is 0 Å². The molecule has 26 heavy (non-hydrogen) atoms. The lowest BCUT2D eigenvalue weighted by Crippen LogP contribution is -2.34. The second-order valence-electron chi connectivity index (χ2n) is 5.09. The molecule has 0 bridgehead atoms. The van der Waals surface area contributed by atoms with Crippen molar-refractivity contribution in [3.63, 3.8) is 0 Å². The van der Waals surface area contributed by atoms with E-state index in [0.717, 1.165) is 0 Å². The first-order chi connectivity index (χ1) is 12.5. The van der Waals surface area contributed by atoms with Gasteiger partial charge in [-0.15, -0.1) is 0 Å². The van der Waals surface area contributed by atoms with E-state index in [2.05, 4.69) is 20.7 Å². The number of carbonyl (C=O) groups is 3. The van der Waals surface area contributed by atoms with Crippen LogP contribution in [0, 0.1) is 0 Å². The Morgan fingerprint density at radius 3 is 2.46 bits per heavy atom. The largest absolute Gasteiger partial charge is 0.469 e. The number of furan rings is 1. The van der Waals surface area contributed by atoms with Gasteiger partial charge in [0.25, 0.3) is 5.91 Å². The van der Waals surface area contributed by atoms with Crippen LogP contribution in [0.1, 0.15) is 23.4 Å². The van der Waals surface area contributed by atoms with Crippen molar-refractivity contribution in [3.05, 3.63) is 48.4 Å². The Kier molecular flexibility index (Phi) is 6.86. The third-order valence-corrected chi connectivity index (χ3v) is 3.36. The van der Waals surface area contributed by atoms with Gasteiger partial charge in [0.1, 0.15) is 0 Å². The first-order valence-electron chi connectivity index (χ1n) is 7.60. The van der Waals surface area contributed by atoms with Crippen LogP contribution in [-0.2, 0) is 14.3 Å².